The van der Waals surface area contributed by atoms with Crippen molar-refractivity contribution in [2.24, 2.45) is 0 Å². The zero-order valence-corrected chi connectivity index (χ0v) is 20.5. The van der Waals surface area contributed by atoms with E-state index in [9.17, 15) is 18.0 Å². The standard InChI is InChI=1S/C23H23ClN4O4S2/c24-19-9-5-4-6-17(19)14-21(29)28-12-10-16(11-13-28)23-25-20(15-33-23)22(30)26-27-34(31,32)18-7-2-1-3-8-18/h1-9,15-16,27H,10-14H2,(H,26,30). The number of sulfonamides is 1. The fourth-order valence-electron chi connectivity index (χ4n) is 3.71. The van der Waals surface area contributed by atoms with Gasteiger partial charge in [-0.2, -0.15) is 0 Å². The first-order valence-corrected chi connectivity index (χ1v) is 13.4. The molecule has 34 heavy (non-hydrogen) atoms. The van der Waals surface area contributed by atoms with Gasteiger partial charge < -0.3 is 4.90 Å². The summed E-state index contributed by atoms with van der Waals surface area (Å²) >= 11 is 7.53. The van der Waals surface area contributed by atoms with E-state index in [0.717, 1.165) is 23.4 Å². The molecule has 1 aliphatic heterocycles. The van der Waals surface area contributed by atoms with Crippen LogP contribution in [0.3, 0.4) is 0 Å². The highest BCUT2D eigenvalue weighted by Gasteiger charge is 2.27. The number of thiazole rings is 1. The minimum absolute atomic E-state index is 0.0384. The maximum absolute atomic E-state index is 12.7. The van der Waals surface area contributed by atoms with Crippen LogP contribution in [0.2, 0.25) is 5.02 Å². The molecule has 0 saturated carbocycles. The van der Waals surface area contributed by atoms with Gasteiger partial charge in [0.1, 0.15) is 5.69 Å². The summed E-state index contributed by atoms with van der Waals surface area (Å²) < 4.78 is 24.5. The van der Waals surface area contributed by atoms with E-state index in [1.54, 1.807) is 29.6 Å². The largest absolute Gasteiger partial charge is 0.342 e. The summed E-state index contributed by atoms with van der Waals surface area (Å²) in [5.41, 5.74) is 3.17. The third kappa shape index (κ3) is 5.82. The van der Waals surface area contributed by atoms with Gasteiger partial charge in [-0.1, -0.05) is 48.0 Å². The summed E-state index contributed by atoms with van der Waals surface area (Å²) in [5.74, 6) is -0.456. The third-order valence-electron chi connectivity index (χ3n) is 5.60. The molecule has 2 N–H and O–H groups in total. The molecule has 1 aliphatic rings. The van der Waals surface area contributed by atoms with Gasteiger partial charge in [-0.05, 0) is 36.6 Å². The maximum Gasteiger partial charge on any atom is 0.285 e. The Hall–Kier alpha value is -2.79. The quantitative estimate of drug-likeness (QED) is 0.466. The maximum atomic E-state index is 12.7. The second-order valence-corrected chi connectivity index (χ2v) is 10.8. The van der Waals surface area contributed by atoms with Crippen molar-refractivity contribution in [1.29, 1.82) is 0 Å². The number of amides is 2. The van der Waals surface area contributed by atoms with E-state index in [1.165, 1.54) is 23.5 Å². The number of nitrogens with one attached hydrogen (secondary N) is 2. The summed E-state index contributed by atoms with van der Waals surface area (Å²) in [5, 5.41) is 3.00. The van der Waals surface area contributed by atoms with Crippen molar-refractivity contribution in [2.75, 3.05) is 13.1 Å². The van der Waals surface area contributed by atoms with Crippen molar-refractivity contribution < 1.29 is 18.0 Å². The van der Waals surface area contributed by atoms with Crippen LogP contribution < -0.4 is 10.3 Å². The van der Waals surface area contributed by atoms with Crippen LogP contribution in [0.15, 0.2) is 64.9 Å². The van der Waals surface area contributed by atoms with Crippen LogP contribution in [0.4, 0.5) is 0 Å². The van der Waals surface area contributed by atoms with Crippen LogP contribution in [0.5, 0.6) is 0 Å². The van der Waals surface area contributed by atoms with E-state index in [1.807, 2.05) is 23.1 Å². The minimum Gasteiger partial charge on any atom is -0.342 e. The van der Waals surface area contributed by atoms with Gasteiger partial charge in [0.2, 0.25) is 5.91 Å². The van der Waals surface area contributed by atoms with E-state index in [4.69, 9.17) is 11.6 Å². The van der Waals surface area contributed by atoms with Crippen molar-refractivity contribution in [2.45, 2.75) is 30.1 Å². The molecule has 11 heteroatoms. The number of hydrogen-bond acceptors (Lipinski definition) is 6. The van der Waals surface area contributed by atoms with Crippen molar-refractivity contribution in [3.8, 4) is 0 Å². The summed E-state index contributed by atoms with van der Waals surface area (Å²) in [6.45, 7) is 1.21. The molecule has 4 rings (SSSR count). The second kappa shape index (κ2) is 10.6. The molecule has 1 fully saturated rings. The number of rotatable bonds is 7. The molecule has 0 aliphatic carbocycles. The van der Waals surface area contributed by atoms with Crippen molar-refractivity contribution >= 4 is 44.8 Å². The molecule has 1 aromatic heterocycles. The highest BCUT2D eigenvalue weighted by Crippen LogP contribution is 2.30. The van der Waals surface area contributed by atoms with Gasteiger partial charge in [-0.3, -0.25) is 15.0 Å². The van der Waals surface area contributed by atoms with Crippen LogP contribution >= 0.6 is 22.9 Å². The first-order valence-electron chi connectivity index (χ1n) is 10.7. The number of likely N-dealkylation sites (tertiary alicyclic amines) is 1. The van der Waals surface area contributed by atoms with Crippen LogP contribution in [0.25, 0.3) is 0 Å². The fourth-order valence-corrected chi connectivity index (χ4v) is 5.74. The van der Waals surface area contributed by atoms with Gasteiger partial charge in [0, 0.05) is 29.4 Å². The highest BCUT2D eigenvalue weighted by molar-refractivity contribution is 7.89. The van der Waals surface area contributed by atoms with Gasteiger partial charge in [-0.15, -0.1) is 16.2 Å². The van der Waals surface area contributed by atoms with Gasteiger partial charge in [0.25, 0.3) is 15.9 Å². The van der Waals surface area contributed by atoms with Gasteiger partial charge in [0.05, 0.1) is 16.3 Å². The predicted octanol–water partition coefficient (Wildman–Crippen LogP) is 3.37. The molecule has 178 valence electrons. The average Bonchev–Trinajstić information content (AvgIpc) is 3.35. The molecule has 0 bridgehead atoms. The van der Waals surface area contributed by atoms with Crippen LogP contribution in [0, 0.1) is 0 Å². The lowest BCUT2D eigenvalue weighted by Crippen LogP contribution is -2.41. The van der Waals surface area contributed by atoms with Crippen molar-refractivity contribution in [3.63, 3.8) is 0 Å². The Morgan fingerprint density at radius 2 is 1.74 bits per heavy atom. The third-order valence-corrected chi connectivity index (χ3v) is 8.24. The molecule has 0 unspecified atom stereocenters. The Kier molecular flexibility index (Phi) is 7.62. The zero-order chi connectivity index (χ0) is 24.1. The number of benzene rings is 2. The van der Waals surface area contributed by atoms with Gasteiger partial charge >= 0.3 is 0 Å². The Bertz CT molecular complexity index is 1270. The molecule has 1 saturated heterocycles. The lowest BCUT2D eigenvalue weighted by molar-refractivity contribution is -0.131. The smallest absolute Gasteiger partial charge is 0.285 e. The van der Waals surface area contributed by atoms with E-state index in [0.29, 0.717) is 18.1 Å². The van der Waals surface area contributed by atoms with E-state index >= 15 is 0 Å². The van der Waals surface area contributed by atoms with Crippen molar-refractivity contribution in [3.05, 3.63) is 81.3 Å². The van der Waals surface area contributed by atoms with E-state index in [-0.39, 0.29) is 28.8 Å². The molecule has 2 aromatic carbocycles. The molecule has 0 spiro atoms. The lowest BCUT2D eigenvalue weighted by atomic mass is 9.97. The number of piperidine rings is 1. The molecule has 3 aromatic rings. The number of nitrogens with zero attached hydrogens (tertiary/aromatic N) is 2. The SMILES string of the molecule is O=C(NNS(=O)(=O)c1ccccc1)c1csc(C2CCN(C(=O)Cc3ccccc3Cl)CC2)n1. The Labute approximate surface area is 207 Å². The normalized spacial score (nSPS) is 14.7. The first kappa shape index (κ1) is 24.3. The van der Waals surface area contributed by atoms with Crippen LogP contribution in [0.1, 0.15) is 39.8 Å². The zero-order valence-electron chi connectivity index (χ0n) is 18.1. The van der Waals surface area contributed by atoms with Gasteiger partial charge in [-0.25, -0.2) is 13.4 Å². The molecule has 8 nitrogen and oxygen atoms in total. The average molecular weight is 519 g/mol. The molecular weight excluding hydrogens is 496 g/mol. The molecule has 2 heterocycles. The lowest BCUT2D eigenvalue weighted by Gasteiger charge is -2.31. The molecule has 2 amide bonds. The molecule has 0 atom stereocenters. The number of carbonyl (C=O) groups is 2. The number of hydrazine groups is 1. The first-order chi connectivity index (χ1) is 16.3. The minimum atomic E-state index is -3.87. The molecular formula is C23H23ClN4O4S2. The summed E-state index contributed by atoms with van der Waals surface area (Å²) in [6.07, 6.45) is 1.75. The number of halogens is 1. The summed E-state index contributed by atoms with van der Waals surface area (Å²) in [7, 11) is -3.87. The Morgan fingerprint density at radius 1 is 1.06 bits per heavy atom. The highest BCUT2D eigenvalue weighted by atomic mass is 35.5. The Morgan fingerprint density at radius 3 is 2.44 bits per heavy atom. The van der Waals surface area contributed by atoms with E-state index in [2.05, 4.69) is 15.2 Å². The fraction of sp³-hybridized carbons (Fsp3) is 0.261. The van der Waals surface area contributed by atoms with Gasteiger partial charge in [0.15, 0.2) is 0 Å². The number of hydrogen-bond donors (Lipinski definition) is 2. The van der Waals surface area contributed by atoms with Crippen LogP contribution in [-0.2, 0) is 21.2 Å². The monoisotopic (exact) mass is 518 g/mol. The molecule has 0 radical (unpaired) electrons. The van der Waals surface area contributed by atoms with Crippen LogP contribution in [-0.4, -0.2) is 43.2 Å². The summed E-state index contributed by atoms with van der Waals surface area (Å²) in [4.78, 5) is 33.4. The Balaban J connectivity index is 1.29. The predicted molar refractivity (Wildman–Crippen MR) is 130 cm³/mol. The number of carbonyl (C=O) groups excluding carboxylic acids is 2. The topological polar surface area (TPSA) is 108 Å². The second-order valence-electron chi connectivity index (χ2n) is 7.87. The van der Waals surface area contributed by atoms with E-state index < -0.39 is 15.9 Å². The number of aromatic nitrogens is 1. The summed E-state index contributed by atoms with van der Waals surface area (Å²) in [6, 6.07) is 15.1. The van der Waals surface area contributed by atoms with Crippen molar-refractivity contribution in [1.82, 2.24) is 20.1 Å².